The molecule has 2 aliphatic heterocycles. The number of hydrogen-bond acceptors (Lipinski definition) is 5. The van der Waals surface area contributed by atoms with Crippen LogP contribution >= 0.6 is 0 Å². The molecule has 1 spiro atoms. The second-order valence-corrected chi connectivity index (χ2v) is 10.1. The highest BCUT2D eigenvalue weighted by Gasteiger charge is 2.43. The fourth-order valence-electron chi connectivity index (χ4n) is 4.94. The lowest BCUT2D eigenvalue weighted by atomic mass is 9.81. The van der Waals surface area contributed by atoms with Crippen LogP contribution < -0.4 is 10.1 Å². The summed E-state index contributed by atoms with van der Waals surface area (Å²) in [6.07, 6.45) is 3.96. The average Bonchev–Trinajstić information content (AvgIpc) is 2.86. The molecule has 2 heterocycles. The van der Waals surface area contributed by atoms with Crippen LogP contribution in [-0.4, -0.2) is 55.0 Å². The first-order valence-corrected chi connectivity index (χ1v) is 12.6. The van der Waals surface area contributed by atoms with Crippen molar-refractivity contribution in [1.29, 1.82) is 0 Å². The molecule has 4 rings (SSSR count). The van der Waals surface area contributed by atoms with E-state index >= 15 is 0 Å². The Hall–Kier alpha value is -3.38. The number of carbonyl (C=O) groups excluding carboxylic acids is 2. The first-order valence-electron chi connectivity index (χ1n) is 12.6. The number of hydrogen-bond donors (Lipinski definition) is 1. The number of ether oxygens (including phenoxy) is 2. The summed E-state index contributed by atoms with van der Waals surface area (Å²) in [6.45, 7) is 12.3. The second-order valence-electron chi connectivity index (χ2n) is 10.1. The van der Waals surface area contributed by atoms with Gasteiger partial charge in [-0.25, -0.2) is 0 Å². The molecule has 2 aliphatic rings. The molecule has 0 bridgehead atoms. The average molecular weight is 489 g/mol. The maximum atomic E-state index is 13.2. The van der Waals surface area contributed by atoms with Gasteiger partial charge in [0.2, 0.25) is 0 Å². The summed E-state index contributed by atoms with van der Waals surface area (Å²) in [5.41, 5.74) is 3.53. The Labute approximate surface area is 214 Å². The number of amides is 1. The van der Waals surface area contributed by atoms with E-state index in [1.807, 2.05) is 37.3 Å². The summed E-state index contributed by atoms with van der Waals surface area (Å²) in [7, 11) is 1.57. The molecule has 0 aliphatic carbocycles. The number of allylic oxidation sites excluding steroid dienone is 2. The second kappa shape index (κ2) is 10.7. The molecule has 0 unspecified atom stereocenters. The van der Waals surface area contributed by atoms with E-state index in [-0.39, 0.29) is 23.8 Å². The highest BCUT2D eigenvalue weighted by atomic mass is 16.5. The van der Waals surface area contributed by atoms with Gasteiger partial charge in [-0.05, 0) is 62.2 Å². The van der Waals surface area contributed by atoms with Crippen LogP contribution in [-0.2, 0) is 4.74 Å². The van der Waals surface area contributed by atoms with Crippen LogP contribution in [0.15, 0.2) is 66.5 Å². The predicted octanol–water partition coefficient (Wildman–Crippen LogP) is 5.40. The smallest absolute Gasteiger partial charge is 0.251 e. The number of Topliss-reactive ketones (excluding diaryl/α,β-unsaturated/α-hetero) is 1. The zero-order chi connectivity index (χ0) is 25.9. The Bertz CT molecular complexity index is 1170. The van der Waals surface area contributed by atoms with Gasteiger partial charge in [-0.2, -0.15) is 0 Å². The number of likely N-dealkylation sites (tertiary alicyclic amines) is 1. The monoisotopic (exact) mass is 488 g/mol. The molecule has 190 valence electrons. The van der Waals surface area contributed by atoms with E-state index in [2.05, 4.69) is 30.6 Å². The third-order valence-electron chi connectivity index (χ3n) is 7.10. The van der Waals surface area contributed by atoms with E-state index in [1.165, 1.54) is 0 Å². The van der Waals surface area contributed by atoms with Crippen LogP contribution in [0, 0.1) is 0 Å². The summed E-state index contributed by atoms with van der Waals surface area (Å²) in [6, 6.07) is 13.7. The molecule has 36 heavy (non-hydrogen) atoms. The van der Waals surface area contributed by atoms with Gasteiger partial charge in [-0.1, -0.05) is 30.4 Å². The van der Waals surface area contributed by atoms with Crippen molar-refractivity contribution in [3.63, 3.8) is 0 Å². The van der Waals surface area contributed by atoms with Crippen LogP contribution in [0.4, 0.5) is 0 Å². The van der Waals surface area contributed by atoms with Crippen LogP contribution in [0.25, 0.3) is 11.1 Å². The fraction of sp³-hybridized carbons (Fsp3) is 0.400. The largest absolute Gasteiger partial charge is 0.499 e. The fourth-order valence-corrected chi connectivity index (χ4v) is 4.94. The molecule has 2 aromatic rings. The predicted molar refractivity (Wildman–Crippen MR) is 142 cm³/mol. The van der Waals surface area contributed by atoms with E-state index in [1.54, 1.807) is 25.3 Å². The number of nitrogens with one attached hydrogen (secondary N) is 1. The van der Waals surface area contributed by atoms with Gasteiger partial charge < -0.3 is 19.7 Å². The summed E-state index contributed by atoms with van der Waals surface area (Å²) < 4.78 is 11.7. The molecule has 1 fully saturated rings. The van der Waals surface area contributed by atoms with Gasteiger partial charge in [0.05, 0.1) is 25.6 Å². The van der Waals surface area contributed by atoms with Crippen molar-refractivity contribution in [3.8, 4) is 16.9 Å². The van der Waals surface area contributed by atoms with Crippen LogP contribution in [0.5, 0.6) is 5.75 Å². The van der Waals surface area contributed by atoms with Crippen LogP contribution in [0.1, 0.15) is 60.7 Å². The number of methoxy groups -OCH3 is 1. The first-order chi connectivity index (χ1) is 17.2. The zero-order valence-corrected chi connectivity index (χ0v) is 21.7. The quantitative estimate of drug-likeness (QED) is 0.418. The van der Waals surface area contributed by atoms with Gasteiger partial charge in [-0.15, -0.1) is 0 Å². The number of fused-ring (bicyclic) bond motifs is 1. The molecular weight excluding hydrogens is 452 g/mol. The summed E-state index contributed by atoms with van der Waals surface area (Å²) in [5.74, 6) is 1.28. The van der Waals surface area contributed by atoms with Gasteiger partial charge in [0.1, 0.15) is 17.1 Å². The molecule has 1 N–H and O–H groups in total. The van der Waals surface area contributed by atoms with Crippen molar-refractivity contribution < 1.29 is 19.1 Å². The molecule has 1 amide bonds. The minimum Gasteiger partial charge on any atom is -0.499 e. The Morgan fingerprint density at radius 1 is 1.17 bits per heavy atom. The van der Waals surface area contributed by atoms with Crippen LogP contribution in [0.3, 0.4) is 0 Å². The number of carbonyl (C=O) groups is 2. The molecule has 1 saturated heterocycles. The maximum absolute atomic E-state index is 13.2. The maximum Gasteiger partial charge on any atom is 0.251 e. The van der Waals surface area contributed by atoms with E-state index < -0.39 is 0 Å². The number of rotatable bonds is 7. The standard InChI is InChI=1S/C30H36N2O4/c1-20(2)16-25(35-5)19-31-29(34)23-8-6-22(7-9-23)24-10-11-28-26(17-24)27(33)18-30(36-28)12-14-32(15-13-30)21(3)4/h6-11,16-17,21H,1,12-15,18-19H2,2-5H3,(H,31,34)/b25-16-. The highest BCUT2D eigenvalue weighted by molar-refractivity contribution is 6.01. The molecule has 6 heteroatoms. The van der Waals surface area contributed by atoms with Gasteiger partial charge in [0.25, 0.3) is 5.91 Å². The topological polar surface area (TPSA) is 67.9 Å². The lowest BCUT2D eigenvalue weighted by Crippen LogP contribution is -2.52. The zero-order valence-electron chi connectivity index (χ0n) is 21.7. The third kappa shape index (κ3) is 5.71. The normalized spacial score (nSPS) is 17.5. The third-order valence-corrected chi connectivity index (χ3v) is 7.10. The minimum absolute atomic E-state index is 0.142. The van der Waals surface area contributed by atoms with E-state index in [4.69, 9.17) is 9.47 Å². The lowest BCUT2D eigenvalue weighted by molar-refractivity contribution is -0.0153. The first kappa shape index (κ1) is 25.7. The minimum atomic E-state index is -0.381. The van der Waals surface area contributed by atoms with Gasteiger partial charge in [0, 0.05) is 37.5 Å². The summed E-state index contributed by atoms with van der Waals surface area (Å²) in [4.78, 5) is 28.2. The van der Waals surface area contributed by atoms with Crippen molar-refractivity contribution in [2.45, 2.75) is 51.7 Å². The number of piperidine rings is 1. The van der Waals surface area contributed by atoms with Crippen molar-refractivity contribution in [1.82, 2.24) is 10.2 Å². The number of benzene rings is 2. The SMILES string of the molecule is C=C(C)/C=C(/CNC(=O)c1ccc(-c2ccc3c(c2)C(=O)CC2(CCN(C(C)C)CC2)O3)cc1)OC. The van der Waals surface area contributed by atoms with Gasteiger partial charge in [0.15, 0.2) is 5.78 Å². The molecule has 2 aromatic carbocycles. The van der Waals surface area contributed by atoms with E-state index in [0.29, 0.717) is 35.1 Å². The molecule has 0 aromatic heterocycles. The number of nitrogens with zero attached hydrogens (tertiary/aromatic N) is 1. The Kier molecular flexibility index (Phi) is 7.65. The van der Waals surface area contributed by atoms with Gasteiger partial charge in [-0.3, -0.25) is 9.59 Å². The Morgan fingerprint density at radius 3 is 2.44 bits per heavy atom. The van der Waals surface area contributed by atoms with Crippen LogP contribution in [0.2, 0.25) is 0 Å². The van der Waals surface area contributed by atoms with Gasteiger partial charge >= 0.3 is 0 Å². The molecule has 0 radical (unpaired) electrons. The molecule has 0 saturated carbocycles. The van der Waals surface area contributed by atoms with Crippen molar-refractivity contribution in [2.75, 3.05) is 26.7 Å². The lowest BCUT2D eigenvalue weighted by Gasteiger charge is -2.45. The van der Waals surface area contributed by atoms with Crippen molar-refractivity contribution >= 4 is 11.7 Å². The van der Waals surface area contributed by atoms with E-state index in [0.717, 1.165) is 42.6 Å². The molecular formula is C30H36N2O4. The molecule has 6 nitrogen and oxygen atoms in total. The number of ketones is 1. The summed E-state index contributed by atoms with van der Waals surface area (Å²) in [5, 5.41) is 2.86. The highest BCUT2D eigenvalue weighted by Crippen LogP contribution is 2.41. The van der Waals surface area contributed by atoms with E-state index in [9.17, 15) is 9.59 Å². The summed E-state index contributed by atoms with van der Waals surface area (Å²) >= 11 is 0. The van der Waals surface area contributed by atoms with Crippen molar-refractivity contribution in [3.05, 3.63) is 77.6 Å². The molecule has 0 atom stereocenters. The Morgan fingerprint density at radius 2 is 1.83 bits per heavy atom. The Balaban J connectivity index is 1.44. The van der Waals surface area contributed by atoms with Crippen molar-refractivity contribution in [2.24, 2.45) is 0 Å².